The van der Waals surface area contributed by atoms with Crippen molar-refractivity contribution in [3.05, 3.63) is 64.1 Å². The van der Waals surface area contributed by atoms with Crippen LogP contribution in [0.4, 0.5) is 0 Å². The lowest BCUT2D eigenvalue weighted by atomic mass is 10.1. The molecule has 1 atom stereocenters. The van der Waals surface area contributed by atoms with E-state index in [0.29, 0.717) is 27.9 Å². The number of halogens is 2. The number of nitrogens with zero attached hydrogens (tertiary/aromatic N) is 1. The van der Waals surface area contributed by atoms with Crippen LogP contribution in [0.5, 0.6) is 5.75 Å². The zero-order valence-corrected chi connectivity index (χ0v) is 16.8. The maximum absolute atomic E-state index is 12.8. The van der Waals surface area contributed by atoms with Crippen molar-refractivity contribution in [2.75, 3.05) is 13.2 Å². The molecule has 2 rings (SSSR count). The molecule has 0 bridgehead atoms. The molecule has 7 heteroatoms. The smallest absolute Gasteiger partial charge is 0.261 e. The maximum Gasteiger partial charge on any atom is 0.261 e. The summed E-state index contributed by atoms with van der Waals surface area (Å²) in [5.74, 6) is 0.0280. The molecule has 0 saturated heterocycles. The Morgan fingerprint density at radius 2 is 1.85 bits per heavy atom. The van der Waals surface area contributed by atoms with Crippen molar-refractivity contribution in [2.24, 2.45) is 0 Å². The van der Waals surface area contributed by atoms with Crippen LogP contribution in [0.15, 0.2) is 48.5 Å². The van der Waals surface area contributed by atoms with Gasteiger partial charge < -0.3 is 15.0 Å². The maximum atomic E-state index is 12.8. The molecule has 0 aliphatic carbocycles. The number of rotatable bonds is 8. The molecule has 1 unspecified atom stereocenters. The monoisotopic (exact) mass is 408 g/mol. The predicted octanol–water partition coefficient (Wildman–Crippen LogP) is 3.93. The lowest BCUT2D eigenvalue weighted by molar-refractivity contribution is -0.142. The molecule has 0 aliphatic rings. The SMILES string of the molecule is CCNC(=O)C(C)N(Cc1ccc(Cl)cc1Cl)C(=O)COc1ccccc1. The number of nitrogens with one attached hydrogen (secondary N) is 1. The summed E-state index contributed by atoms with van der Waals surface area (Å²) >= 11 is 12.2. The first-order valence-electron chi connectivity index (χ1n) is 8.61. The van der Waals surface area contributed by atoms with Gasteiger partial charge in [-0.1, -0.05) is 47.5 Å². The van der Waals surface area contributed by atoms with Crippen LogP contribution in [0.3, 0.4) is 0 Å². The van der Waals surface area contributed by atoms with E-state index in [0.717, 1.165) is 0 Å². The van der Waals surface area contributed by atoms with Crippen molar-refractivity contribution in [3.63, 3.8) is 0 Å². The van der Waals surface area contributed by atoms with Crippen molar-refractivity contribution >= 4 is 35.0 Å². The molecule has 0 radical (unpaired) electrons. The third kappa shape index (κ3) is 6.15. The lowest BCUT2D eigenvalue weighted by Gasteiger charge is -2.29. The molecule has 144 valence electrons. The summed E-state index contributed by atoms with van der Waals surface area (Å²) in [5.41, 5.74) is 0.699. The van der Waals surface area contributed by atoms with Crippen molar-refractivity contribution < 1.29 is 14.3 Å². The molecule has 5 nitrogen and oxygen atoms in total. The third-order valence-corrected chi connectivity index (χ3v) is 4.57. The highest BCUT2D eigenvalue weighted by Crippen LogP contribution is 2.23. The molecular formula is C20H22Cl2N2O3. The lowest BCUT2D eigenvalue weighted by Crippen LogP contribution is -2.49. The van der Waals surface area contributed by atoms with Gasteiger partial charge in [-0.15, -0.1) is 0 Å². The van der Waals surface area contributed by atoms with E-state index in [2.05, 4.69) is 5.32 Å². The second kappa shape index (κ2) is 10.2. The van der Waals surface area contributed by atoms with Crippen LogP contribution in [0.25, 0.3) is 0 Å². The molecule has 0 spiro atoms. The molecule has 0 aliphatic heterocycles. The van der Waals surface area contributed by atoms with Crippen molar-refractivity contribution in [3.8, 4) is 5.75 Å². The average Bonchev–Trinajstić information content (AvgIpc) is 2.66. The van der Waals surface area contributed by atoms with E-state index in [1.807, 2.05) is 25.1 Å². The van der Waals surface area contributed by atoms with Gasteiger partial charge in [-0.3, -0.25) is 9.59 Å². The van der Waals surface area contributed by atoms with E-state index >= 15 is 0 Å². The highest BCUT2D eigenvalue weighted by atomic mass is 35.5. The summed E-state index contributed by atoms with van der Waals surface area (Å²) in [7, 11) is 0. The first kappa shape index (κ1) is 21.1. The fourth-order valence-electron chi connectivity index (χ4n) is 2.48. The van der Waals surface area contributed by atoms with Crippen LogP contribution < -0.4 is 10.1 Å². The number of para-hydroxylation sites is 1. The molecule has 0 aromatic heterocycles. The summed E-state index contributed by atoms with van der Waals surface area (Å²) < 4.78 is 5.55. The Morgan fingerprint density at radius 3 is 2.48 bits per heavy atom. The van der Waals surface area contributed by atoms with Gasteiger partial charge in [0.25, 0.3) is 5.91 Å². The van der Waals surface area contributed by atoms with Crippen LogP contribution in [0.1, 0.15) is 19.4 Å². The number of carbonyl (C=O) groups is 2. The quantitative estimate of drug-likeness (QED) is 0.719. The summed E-state index contributed by atoms with van der Waals surface area (Å²) in [6.45, 7) is 3.97. The molecular weight excluding hydrogens is 387 g/mol. The Kier molecular flexibility index (Phi) is 7.95. The van der Waals surface area contributed by atoms with Gasteiger partial charge >= 0.3 is 0 Å². The van der Waals surface area contributed by atoms with Gasteiger partial charge in [-0.25, -0.2) is 0 Å². The van der Waals surface area contributed by atoms with E-state index in [9.17, 15) is 9.59 Å². The fourth-order valence-corrected chi connectivity index (χ4v) is 2.95. The Bertz CT molecular complexity index is 784. The number of amides is 2. The second-order valence-corrected chi connectivity index (χ2v) is 6.77. The minimum Gasteiger partial charge on any atom is -0.484 e. The fraction of sp³-hybridized carbons (Fsp3) is 0.300. The third-order valence-electron chi connectivity index (χ3n) is 3.98. The van der Waals surface area contributed by atoms with Crippen LogP contribution >= 0.6 is 23.2 Å². The normalized spacial score (nSPS) is 11.6. The topological polar surface area (TPSA) is 58.6 Å². The van der Waals surface area contributed by atoms with Gasteiger partial charge in [-0.2, -0.15) is 0 Å². The van der Waals surface area contributed by atoms with Gasteiger partial charge in [0.15, 0.2) is 6.61 Å². The average molecular weight is 409 g/mol. The van der Waals surface area contributed by atoms with Crippen LogP contribution in [-0.2, 0) is 16.1 Å². The van der Waals surface area contributed by atoms with Gasteiger partial charge in [0.2, 0.25) is 5.91 Å². The number of likely N-dealkylation sites (N-methyl/N-ethyl adjacent to an activating group) is 1. The van der Waals surface area contributed by atoms with Crippen LogP contribution in [0, 0.1) is 0 Å². The molecule has 1 N–H and O–H groups in total. The minimum absolute atomic E-state index is 0.172. The number of ether oxygens (including phenoxy) is 1. The molecule has 2 aromatic carbocycles. The Balaban J connectivity index is 2.17. The van der Waals surface area contributed by atoms with Crippen molar-refractivity contribution in [1.29, 1.82) is 0 Å². The molecule has 27 heavy (non-hydrogen) atoms. The largest absolute Gasteiger partial charge is 0.484 e. The molecule has 0 heterocycles. The van der Waals surface area contributed by atoms with Gasteiger partial charge in [0.1, 0.15) is 11.8 Å². The van der Waals surface area contributed by atoms with E-state index in [1.165, 1.54) is 4.90 Å². The van der Waals surface area contributed by atoms with Crippen molar-refractivity contribution in [1.82, 2.24) is 10.2 Å². The Morgan fingerprint density at radius 1 is 1.15 bits per heavy atom. The van der Waals surface area contributed by atoms with Gasteiger partial charge in [-0.05, 0) is 43.7 Å². The van der Waals surface area contributed by atoms with Crippen molar-refractivity contribution in [2.45, 2.75) is 26.4 Å². The summed E-state index contributed by atoms with van der Waals surface area (Å²) in [4.78, 5) is 26.5. The number of benzene rings is 2. The van der Waals surface area contributed by atoms with Crippen LogP contribution in [0.2, 0.25) is 10.0 Å². The van der Waals surface area contributed by atoms with Gasteiger partial charge in [0.05, 0.1) is 0 Å². The van der Waals surface area contributed by atoms with E-state index in [4.69, 9.17) is 27.9 Å². The van der Waals surface area contributed by atoms with Gasteiger partial charge in [0, 0.05) is 23.1 Å². The Labute approximate surface area is 169 Å². The molecule has 2 amide bonds. The minimum atomic E-state index is -0.677. The van der Waals surface area contributed by atoms with E-state index < -0.39 is 6.04 Å². The van der Waals surface area contributed by atoms with E-state index in [1.54, 1.807) is 37.3 Å². The number of carbonyl (C=O) groups excluding carboxylic acids is 2. The number of hydrogen-bond donors (Lipinski definition) is 1. The predicted molar refractivity (Wildman–Crippen MR) is 107 cm³/mol. The second-order valence-electron chi connectivity index (χ2n) is 5.93. The standard InChI is InChI=1S/C20H22Cl2N2O3/c1-3-23-20(26)14(2)24(12-15-9-10-16(21)11-18(15)22)19(25)13-27-17-7-5-4-6-8-17/h4-11,14H,3,12-13H2,1-2H3,(H,23,26). The summed E-state index contributed by atoms with van der Waals surface area (Å²) in [5, 5.41) is 3.68. The zero-order chi connectivity index (χ0) is 19.8. The molecule has 2 aromatic rings. The number of hydrogen-bond acceptors (Lipinski definition) is 3. The van der Waals surface area contributed by atoms with E-state index in [-0.39, 0.29) is 25.0 Å². The highest BCUT2D eigenvalue weighted by Gasteiger charge is 2.26. The Hall–Kier alpha value is -2.24. The van der Waals surface area contributed by atoms with Crippen LogP contribution in [-0.4, -0.2) is 35.9 Å². The first-order chi connectivity index (χ1) is 12.9. The first-order valence-corrected chi connectivity index (χ1v) is 9.37. The summed E-state index contributed by atoms with van der Waals surface area (Å²) in [6.07, 6.45) is 0. The molecule has 0 saturated carbocycles. The summed E-state index contributed by atoms with van der Waals surface area (Å²) in [6, 6.07) is 13.4. The highest BCUT2D eigenvalue weighted by molar-refractivity contribution is 6.35. The zero-order valence-electron chi connectivity index (χ0n) is 15.2. The molecule has 0 fully saturated rings.